The third-order valence-corrected chi connectivity index (χ3v) is 4.27. The molecule has 0 spiro atoms. The predicted octanol–water partition coefficient (Wildman–Crippen LogP) is 2.75. The summed E-state index contributed by atoms with van der Waals surface area (Å²) < 4.78 is 17.6. The second kappa shape index (κ2) is 5.61. The van der Waals surface area contributed by atoms with E-state index >= 15 is 0 Å². The van der Waals surface area contributed by atoms with Crippen LogP contribution in [0.15, 0.2) is 29.3 Å². The van der Waals surface area contributed by atoms with Crippen molar-refractivity contribution in [1.29, 1.82) is 0 Å². The fourth-order valence-corrected chi connectivity index (χ4v) is 3.20. The van der Waals surface area contributed by atoms with Crippen LogP contribution in [0.2, 0.25) is 0 Å². The summed E-state index contributed by atoms with van der Waals surface area (Å²) >= 11 is 6.06. The van der Waals surface area contributed by atoms with Crippen LogP contribution in [0.1, 0.15) is 17.3 Å². The Labute approximate surface area is 126 Å². The van der Waals surface area contributed by atoms with Crippen molar-refractivity contribution >= 4 is 24.3 Å². The van der Waals surface area contributed by atoms with Crippen LogP contribution >= 0.6 is 24.3 Å². The quantitative estimate of drug-likeness (QED) is 0.600. The van der Waals surface area contributed by atoms with Crippen LogP contribution in [0, 0.1) is 4.77 Å². The van der Waals surface area contributed by atoms with E-state index in [1.165, 1.54) is 0 Å². The minimum absolute atomic E-state index is 0.124. The molecule has 0 amide bonds. The van der Waals surface area contributed by atoms with Gasteiger partial charge in [0.1, 0.15) is 12.4 Å². The van der Waals surface area contributed by atoms with Crippen molar-refractivity contribution in [2.45, 2.75) is 23.9 Å². The highest BCUT2D eigenvalue weighted by Gasteiger charge is 2.23. The Morgan fingerprint density at radius 2 is 2.40 bits per heavy atom. The molecule has 5 nitrogen and oxygen atoms in total. The number of fused-ring (bicyclic) bond motifs is 1. The van der Waals surface area contributed by atoms with E-state index in [0.29, 0.717) is 17.9 Å². The summed E-state index contributed by atoms with van der Waals surface area (Å²) in [6.45, 7) is 1.00. The lowest BCUT2D eigenvalue weighted by Crippen LogP contribution is -2.26. The zero-order valence-corrected chi connectivity index (χ0v) is 12.3. The van der Waals surface area contributed by atoms with Crippen molar-refractivity contribution < 1.29 is 9.29 Å². The molecule has 4 N–H and O–H groups in total. The van der Waals surface area contributed by atoms with Crippen LogP contribution in [-0.2, 0) is 13.0 Å². The standard InChI is InChI=1S/C13H15N3O2S2/c14-5-10-6-15-13(19)16(10)9-3-8-4-11(20-17)1-2-12(8)18-7-9/h1-2,4,6,9,17H,3,5,7,14H2,(H,15,19). The Kier molecular flexibility index (Phi) is 3.84. The van der Waals surface area contributed by atoms with E-state index in [1.807, 2.05) is 29.0 Å². The number of nitrogens with one attached hydrogen (secondary N) is 1. The van der Waals surface area contributed by atoms with Crippen molar-refractivity contribution in [3.8, 4) is 5.75 Å². The van der Waals surface area contributed by atoms with Crippen molar-refractivity contribution in [3.63, 3.8) is 0 Å². The second-order valence-electron chi connectivity index (χ2n) is 4.69. The first-order valence-electron chi connectivity index (χ1n) is 6.29. The lowest BCUT2D eigenvalue weighted by atomic mass is 10.0. The van der Waals surface area contributed by atoms with Crippen LogP contribution in [0.4, 0.5) is 0 Å². The number of hydrogen-bond donors (Lipinski definition) is 3. The first kappa shape index (κ1) is 13.7. The largest absolute Gasteiger partial charge is 0.491 e. The van der Waals surface area contributed by atoms with Gasteiger partial charge in [0, 0.05) is 36.1 Å². The normalized spacial score (nSPS) is 17.6. The Hall–Kier alpha value is -1.28. The molecule has 2 aromatic rings. The van der Waals surface area contributed by atoms with Gasteiger partial charge in [0.2, 0.25) is 0 Å². The number of imidazole rings is 1. The number of benzene rings is 1. The third-order valence-electron chi connectivity index (χ3n) is 3.49. The fourth-order valence-electron chi connectivity index (χ4n) is 2.55. The second-order valence-corrected chi connectivity index (χ2v) is 5.73. The molecule has 106 valence electrons. The van der Waals surface area contributed by atoms with Crippen molar-refractivity contribution in [2.75, 3.05) is 6.61 Å². The molecule has 1 aliphatic rings. The number of hydrogen-bond acceptors (Lipinski definition) is 5. The van der Waals surface area contributed by atoms with Crippen LogP contribution in [0.5, 0.6) is 5.75 Å². The van der Waals surface area contributed by atoms with Crippen molar-refractivity contribution in [3.05, 3.63) is 40.4 Å². The van der Waals surface area contributed by atoms with Crippen LogP contribution in [-0.4, -0.2) is 20.7 Å². The molecular weight excluding hydrogens is 294 g/mol. The van der Waals surface area contributed by atoms with E-state index in [1.54, 1.807) is 0 Å². The summed E-state index contributed by atoms with van der Waals surface area (Å²) in [6, 6.07) is 5.81. The lowest BCUT2D eigenvalue weighted by molar-refractivity contribution is 0.220. The molecule has 1 aromatic heterocycles. The maximum atomic E-state index is 9.15. The minimum Gasteiger partial charge on any atom is -0.491 e. The van der Waals surface area contributed by atoms with Gasteiger partial charge in [-0.1, -0.05) is 0 Å². The molecule has 0 radical (unpaired) electrons. The number of aromatic amines is 1. The number of aromatic nitrogens is 2. The molecule has 0 fully saturated rings. The van der Waals surface area contributed by atoms with Crippen molar-refractivity contribution in [2.24, 2.45) is 5.73 Å². The molecule has 1 atom stereocenters. The zero-order valence-electron chi connectivity index (χ0n) is 10.7. The third kappa shape index (κ3) is 2.37. The van der Waals surface area contributed by atoms with E-state index in [4.69, 9.17) is 27.2 Å². The average molecular weight is 309 g/mol. The molecule has 20 heavy (non-hydrogen) atoms. The highest BCUT2D eigenvalue weighted by atomic mass is 32.2. The molecule has 2 heterocycles. The van der Waals surface area contributed by atoms with Gasteiger partial charge in [-0.25, -0.2) is 0 Å². The van der Waals surface area contributed by atoms with Gasteiger partial charge >= 0.3 is 0 Å². The summed E-state index contributed by atoms with van der Waals surface area (Å²) in [5.41, 5.74) is 7.79. The first-order chi connectivity index (χ1) is 9.72. The van der Waals surface area contributed by atoms with Crippen LogP contribution < -0.4 is 10.5 Å². The number of nitrogens with zero attached hydrogens (tertiary/aromatic N) is 1. The maximum absolute atomic E-state index is 9.15. The molecule has 3 rings (SSSR count). The zero-order chi connectivity index (χ0) is 14.1. The van der Waals surface area contributed by atoms with Gasteiger partial charge < -0.3 is 24.6 Å². The van der Waals surface area contributed by atoms with E-state index < -0.39 is 0 Å². The number of nitrogens with two attached hydrogens (primary N) is 1. The molecule has 0 saturated carbocycles. The summed E-state index contributed by atoms with van der Waals surface area (Å²) in [6.07, 6.45) is 2.65. The highest BCUT2D eigenvalue weighted by Crippen LogP contribution is 2.33. The van der Waals surface area contributed by atoms with E-state index in [9.17, 15) is 0 Å². The molecule has 1 aromatic carbocycles. The van der Waals surface area contributed by atoms with Gasteiger partial charge in [-0.15, -0.1) is 0 Å². The van der Waals surface area contributed by atoms with E-state index in [-0.39, 0.29) is 6.04 Å². The summed E-state index contributed by atoms with van der Waals surface area (Å²) in [7, 11) is 0. The predicted molar refractivity (Wildman–Crippen MR) is 80.7 cm³/mol. The monoisotopic (exact) mass is 309 g/mol. The van der Waals surface area contributed by atoms with Gasteiger partial charge in [0.05, 0.1) is 11.7 Å². The van der Waals surface area contributed by atoms with E-state index in [2.05, 4.69) is 4.98 Å². The Bertz CT molecular complexity index is 680. The van der Waals surface area contributed by atoms with Crippen molar-refractivity contribution in [1.82, 2.24) is 9.55 Å². The first-order valence-corrected chi connectivity index (χ1v) is 7.47. The number of H-pyrrole nitrogens is 1. The molecule has 0 aliphatic carbocycles. The van der Waals surface area contributed by atoms with Gasteiger partial charge in [-0.3, -0.25) is 0 Å². The number of rotatable bonds is 3. The van der Waals surface area contributed by atoms with Crippen LogP contribution in [0.3, 0.4) is 0 Å². The SMILES string of the molecule is NCc1c[nH]c(=S)n1C1COc2ccc(SO)cc2C1. The highest BCUT2D eigenvalue weighted by molar-refractivity contribution is 7.93. The van der Waals surface area contributed by atoms with Crippen LogP contribution in [0.25, 0.3) is 0 Å². The Morgan fingerprint density at radius 1 is 1.55 bits per heavy atom. The summed E-state index contributed by atoms with van der Waals surface area (Å²) in [5.74, 6) is 0.871. The molecular formula is C13H15N3O2S2. The fraction of sp³-hybridized carbons (Fsp3) is 0.308. The van der Waals surface area contributed by atoms with Gasteiger partial charge in [0.25, 0.3) is 0 Å². The topological polar surface area (TPSA) is 76.2 Å². The Balaban J connectivity index is 1.95. The van der Waals surface area contributed by atoms with Gasteiger partial charge in [-0.2, -0.15) is 0 Å². The van der Waals surface area contributed by atoms with Gasteiger partial charge in [0.15, 0.2) is 4.77 Å². The molecule has 0 bridgehead atoms. The minimum atomic E-state index is 0.124. The molecule has 0 saturated heterocycles. The van der Waals surface area contributed by atoms with E-state index in [0.717, 1.165) is 40.4 Å². The molecule has 1 aliphatic heterocycles. The number of ether oxygens (including phenoxy) is 1. The Morgan fingerprint density at radius 3 is 3.15 bits per heavy atom. The summed E-state index contributed by atoms with van der Waals surface area (Å²) in [4.78, 5) is 3.84. The summed E-state index contributed by atoms with van der Waals surface area (Å²) in [5, 5.41) is 0. The lowest BCUT2D eigenvalue weighted by Gasteiger charge is -2.27. The smallest absolute Gasteiger partial charge is 0.177 e. The molecule has 7 heteroatoms. The van der Waals surface area contributed by atoms with Gasteiger partial charge in [-0.05, 0) is 36.0 Å². The average Bonchev–Trinajstić information content (AvgIpc) is 2.87. The maximum Gasteiger partial charge on any atom is 0.177 e. The molecule has 1 unspecified atom stereocenters.